The number of hydrogen-bond donors (Lipinski definition) is 1. The molecule has 1 aliphatic rings. The van der Waals surface area contributed by atoms with Gasteiger partial charge in [-0.15, -0.1) is 0 Å². The summed E-state index contributed by atoms with van der Waals surface area (Å²) in [5, 5.41) is 17.1. The van der Waals surface area contributed by atoms with E-state index in [2.05, 4.69) is 10.5 Å². The van der Waals surface area contributed by atoms with Crippen LogP contribution >= 0.6 is 0 Å². The predicted octanol–water partition coefficient (Wildman–Crippen LogP) is 2.67. The van der Waals surface area contributed by atoms with Crippen LogP contribution in [0.2, 0.25) is 0 Å². The molecule has 2 heterocycles. The van der Waals surface area contributed by atoms with E-state index < -0.39 is 22.4 Å². The summed E-state index contributed by atoms with van der Waals surface area (Å²) in [6, 6.07) is 4.30. The van der Waals surface area contributed by atoms with Crippen LogP contribution in [0.4, 0.5) is 30.4 Å². The molecule has 0 atom stereocenters. The van der Waals surface area contributed by atoms with Gasteiger partial charge in [-0.25, -0.2) is 0 Å². The Labute approximate surface area is 163 Å². The highest BCUT2D eigenvalue weighted by atomic mass is 19.4. The van der Waals surface area contributed by atoms with Gasteiger partial charge >= 0.3 is 6.18 Å². The average Bonchev–Trinajstić information content (AvgIpc) is 3.05. The molecule has 1 saturated heterocycles. The van der Waals surface area contributed by atoms with Crippen LogP contribution in [0, 0.1) is 17.0 Å². The van der Waals surface area contributed by atoms with Gasteiger partial charge in [0.25, 0.3) is 5.69 Å². The van der Waals surface area contributed by atoms with Gasteiger partial charge in [-0.1, -0.05) is 5.16 Å². The van der Waals surface area contributed by atoms with Gasteiger partial charge in [-0.2, -0.15) is 13.2 Å². The molecule has 1 aromatic carbocycles. The van der Waals surface area contributed by atoms with Crippen molar-refractivity contribution in [1.82, 2.24) is 10.1 Å². The molecule has 12 heteroatoms. The van der Waals surface area contributed by atoms with E-state index >= 15 is 0 Å². The van der Waals surface area contributed by atoms with Crippen LogP contribution in [-0.2, 0) is 11.0 Å². The topological polar surface area (TPSA) is 105 Å². The van der Waals surface area contributed by atoms with Crippen LogP contribution < -0.4 is 10.2 Å². The monoisotopic (exact) mass is 413 g/mol. The minimum atomic E-state index is -4.71. The number of amides is 1. The zero-order chi connectivity index (χ0) is 21.2. The summed E-state index contributed by atoms with van der Waals surface area (Å²) < 4.78 is 45.0. The fraction of sp³-hybridized carbons (Fsp3) is 0.412. The van der Waals surface area contributed by atoms with Gasteiger partial charge in [0.05, 0.1) is 17.0 Å². The first-order valence-corrected chi connectivity index (χ1v) is 8.69. The molecule has 3 rings (SSSR count). The Hall–Kier alpha value is -3.15. The van der Waals surface area contributed by atoms with E-state index in [-0.39, 0.29) is 31.2 Å². The van der Waals surface area contributed by atoms with Gasteiger partial charge in [-0.3, -0.25) is 19.8 Å². The molecule has 1 aliphatic heterocycles. The van der Waals surface area contributed by atoms with Gasteiger partial charge in [0.15, 0.2) is 5.82 Å². The molecule has 2 aromatic rings. The van der Waals surface area contributed by atoms with Crippen LogP contribution in [0.1, 0.15) is 11.3 Å². The molecule has 9 nitrogen and oxygen atoms in total. The number of nitro benzene ring substituents is 1. The van der Waals surface area contributed by atoms with Gasteiger partial charge in [0.1, 0.15) is 5.76 Å². The Morgan fingerprint density at radius 3 is 2.52 bits per heavy atom. The third kappa shape index (κ3) is 5.02. The second-order valence-corrected chi connectivity index (χ2v) is 6.59. The third-order valence-corrected chi connectivity index (χ3v) is 4.47. The molecule has 0 bridgehead atoms. The first kappa shape index (κ1) is 20.6. The van der Waals surface area contributed by atoms with Crippen LogP contribution in [0.5, 0.6) is 0 Å². The second-order valence-electron chi connectivity index (χ2n) is 6.59. The number of rotatable bonds is 5. The van der Waals surface area contributed by atoms with E-state index in [9.17, 15) is 28.1 Å². The number of nitrogens with one attached hydrogen (secondary N) is 1. The molecule has 0 unspecified atom stereocenters. The smallest absolute Gasteiger partial charge is 0.368 e. The summed E-state index contributed by atoms with van der Waals surface area (Å²) in [5.41, 5.74) is -1.76. The number of anilines is 2. The van der Waals surface area contributed by atoms with Crippen LogP contribution in [0.3, 0.4) is 0 Å². The largest absolute Gasteiger partial charge is 0.418 e. The summed E-state index contributed by atoms with van der Waals surface area (Å²) in [4.78, 5) is 25.3. The van der Waals surface area contributed by atoms with Crippen molar-refractivity contribution in [3.63, 3.8) is 0 Å². The van der Waals surface area contributed by atoms with Gasteiger partial charge in [-0.05, 0) is 13.0 Å². The Bertz CT molecular complexity index is 907. The molecule has 29 heavy (non-hydrogen) atoms. The van der Waals surface area contributed by atoms with Crippen molar-refractivity contribution in [2.75, 3.05) is 42.9 Å². The summed E-state index contributed by atoms with van der Waals surface area (Å²) >= 11 is 0. The lowest BCUT2D eigenvalue weighted by Crippen LogP contribution is -2.49. The van der Waals surface area contributed by atoms with E-state index in [1.54, 1.807) is 17.9 Å². The second kappa shape index (κ2) is 8.07. The number of carbonyl (C=O) groups excluding carboxylic acids is 1. The standard InChI is InChI=1S/C17H18F3N5O4/c1-11-8-15(22-29-11)21-16(26)10-23-4-6-24(7-5-23)14-3-2-12(25(27)28)9-13(14)17(18,19)20/h2-3,8-9H,4-7,10H2,1H3,(H,21,22,26). The molecule has 1 aromatic heterocycles. The zero-order valence-electron chi connectivity index (χ0n) is 15.4. The van der Waals surface area contributed by atoms with E-state index in [0.29, 0.717) is 30.7 Å². The molecule has 0 aliphatic carbocycles. The van der Waals surface area contributed by atoms with Crippen molar-refractivity contribution in [1.29, 1.82) is 0 Å². The van der Waals surface area contributed by atoms with Crippen molar-refractivity contribution >= 4 is 23.1 Å². The maximum absolute atomic E-state index is 13.4. The van der Waals surface area contributed by atoms with Crippen molar-refractivity contribution in [3.05, 3.63) is 45.7 Å². The number of non-ortho nitro benzene ring substituents is 1. The van der Waals surface area contributed by atoms with Gasteiger partial charge in [0.2, 0.25) is 5.91 Å². The number of aromatic nitrogens is 1. The number of halogens is 3. The molecule has 0 radical (unpaired) electrons. The molecule has 1 N–H and O–H groups in total. The predicted molar refractivity (Wildman–Crippen MR) is 96.6 cm³/mol. The lowest BCUT2D eigenvalue weighted by molar-refractivity contribution is -0.385. The number of benzene rings is 1. The molecular weight excluding hydrogens is 395 g/mol. The minimum absolute atomic E-state index is 0.0616. The number of nitro groups is 1. The van der Waals surface area contributed by atoms with Crippen LogP contribution in [0.25, 0.3) is 0 Å². The number of alkyl halides is 3. The third-order valence-electron chi connectivity index (χ3n) is 4.47. The first-order valence-electron chi connectivity index (χ1n) is 8.69. The summed E-state index contributed by atoms with van der Waals surface area (Å²) in [5.74, 6) is 0.544. The molecule has 0 spiro atoms. The Balaban J connectivity index is 1.63. The van der Waals surface area contributed by atoms with E-state index in [0.717, 1.165) is 12.1 Å². The fourth-order valence-corrected chi connectivity index (χ4v) is 3.10. The molecule has 156 valence electrons. The quantitative estimate of drug-likeness (QED) is 0.594. The number of carbonyl (C=O) groups is 1. The van der Waals surface area contributed by atoms with Crippen LogP contribution in [0.15, 0.2) is 28.8 Å². The van der Waals surface area contributed by atoms with Gasteiger partial charge in [0, 0.05) is 50.1 Å². The number of nitrogens with zero attached hydrogens (tertiary/aromatic N) is 4. The fourth-order valence-electron chi connectivity index (χ4n) is 3.10. The maximum atomic E-state index is 13.4. The normalized spacial score (nSPS) is 15.4. The molecule has 1 fully saturated rings. The lowest BCUT2D eigenvalue weighted by Gasteiger charge is -2.36. The Morgan fingerprint density at radius 1 is 1.28 bits per heavy atom. The highest BCUT2D eigenvalue weighted by Gasteiger charge is 2.37. The van der Waals surface area contributed by atoms with Crippen LogP contribution in [-0.4, -0.2) is 53.6 Å². The van der Waals surface area contributed by atoms with Crippen molar-refractivity contribution in [2.45, 2.75) is 13.1 Å². The highest BCUT2D eigenvalue weighted by Crippen LogP contribution is 2.39. The number of piperazine rings is 1. The van der Waals surface area contributed by atoms with Gasteiger partial charge < -0.3 is 14.7 Å². The Morgan fingerprint density at radius 2 is 1.97 bits per heavy atom. The maximum Gasteiger partial charge on any atom is 0.418 e. The zero-order valence-corrected chi connectivity index (χ0v) is 15.4. The lowest BCUT2D eigenvalue weighted by atomic mass is 10.1. The summed E-state index contributed by atoms with van der Waals surface area (Å²) in [6.07, 6.45) is -4.71. The first-order chi connectivity index (χ1) is 13.6. The highest BCUT2D eigenvalue weighted by molar-refractivity contribution is 5.91. The minimum Gasteiger partial charge on any atom is -0.368 e. The van der Waals surface area contributed by atoms with E-state index in [4.69, 9.17) is 4.52 Å². The van der Waals surface area contributed by atoms with Crippen molar-refractivity contribution in [3.8, 4) is 0 Å². The molecule has 0 saturated carbocycles. The van der Waals surface area contributed by atoms with E-state index in [1.165, 1.54) is 4.90 Å². The summed E-state index contributed by atoms with van der Waals surface area (Å²) in [7, 11) is 0. The summed E-state index contributed by atoms with van der Waals surface area (Å²) in [6.45, 7) is 2.97. The van der Waals surface area contributed by atoms with Crippen molar-refractivity contribution < 1.29 is 27.4 Å². The average molecular weight is 413 g/mol. The molecular formula is C17H18F3N5O4. The van der Waals surface area contributed by atoms with E-state index in [1.807, 2.05) is 0 Å². The SMILES string of the molecule is Cc1cc(NC(=O)CN2CCN(c3ccc([N+](=O)[O-])cc3C(F)(F)F)CC2)no1. The number of hydrogen-bond acceptors (Lipinski definition) is 7. The number of aryl methyl sites for hydroxylation is 1. The Kier molecular flexibility index (Phi) is 5.73. The molecule has 1 amide bonds. The van der Waals surface area contributed by atoms with Crippen molar-refractivity contribution in [2.24, 2.45) is 0 Å².